The van der Waals surface area contributed by atoms with Crippen molar-refractivity contribution in [3.63, 3.8) is 0 Å². The summed E-state index contributed by atoms with van der Waals surface area (Å²) in [7, 11) is 5.09. The maximum absolute atomic E-state index is 7.00. The van der Waals surface area contributed by atoms with Gasteiger partial charge in [-0.15, -0.1) is 0 Å². The molecule has 0 saturated carbocycles. The van der Waals surface area contributed by atoms with E-state index < -0.39 is 0 Å². The van der Waals surface area contributed by atoms with Crippen molar-refractivity contribution in [2.75, 3.05) is 26.1 Å². The second-order valence-corrected chi connectivity index (χ2v) is 2.99. The summed E-state index contributed by atoms with van der Waals surface area (Å²) < 4.78 is 0. The van der Waals surface area contributed by atoms with Crippen LogP contribution in [0.3, 0.4) is 0 Å². The Kier molecular flexibility index (Phi) is 6.50. The Balaban J connectivity index is 0.000000791. The van der Waals surface area contributed by atoms with Crippen LogP contribution in [-0.4, -0.2) is 26.3 Å². The van der Waals surface area contributed by atoms with Gasteiger partial charge in [-0.25, -0.2) is 0 Å². The van der Waals surface area contributed by atoms with Gasteiger partial charge in [-0.2, -0.15) is 0 Å². The molecule has 14 heavy (non-hydrogen) atoms. The molecule has 0 atom stereocenters. The molecular weight excluding hydrogens is 174 g/mol. The van der Waals surface area contributed by atoms with E-state index in [2.05, 4.69) is 35.2 Å². The number of anilines is 1. The molecule has 0 aliphatic carbocycles. The molecule has 1 aromatic rings. The van der Waals surface area contributed by atoms with Gasteiger partial charge in [0.15, 0.2) is 0 Å². The quantitative estimate of drug-likeness (QED) is 0.779. The van der Waals surface area contributed by atoms with Crippen molar-refractivity contribution in [3.8, 4) is 0 Å². The van der Waals surface area contributed by atoms with Crippen molar-refractivity contribution < 1.29 is 5.11 Å². The minimum absolute atomic E-state index is 1.00. The van der Waals surface area contributed by atoms with E-state index in [9.17, 15) is 0 Å². The molecule has 0 unspecified atom stereocenters. The summed E-state index contributed by atoms with van der Waals surface area (Å²) >= 11 is 0. The van der Waals surface area contributed by atoms with Gasteiger partial charge in [0.1, 0.15) is 0 Å². The van der Waals surface area contributed by atoms with E-state index in [1.54, 1.807) is 0 Å². The predicted octanol–water partition coefficient (Wildman–Crippen LogP) is 2.39. The molecule has 1 aromatic carbocycles. The highest BCUT2D eigenvalue weighted by Crippen LogP contribution is 2.12. The molecule has 0 aromatic heterocycles. The summed E-state index contributed by atoms with van der Waals surface area (Å²) in [6, 6.07) is 8.48. The fourth-order valence-electron chi connectivity index (χ4n) is 1.08. The van der Waals surface area contributed by atoms with Crippen molar-refractivity contribution in [3.05, 3.63) is 35.9 Å². The first-order chi connectivity index (χ1) is 6.74. The molecule has 78 valence electrons. The third-order valence-electron chi connectivity index (χ3n) is 1.77. The molecule has 0 saturated heterocycles. The van der Waals surface area contributed by atoms with Crippen LogP contribution in [0.5, 0.6) is 0 Å². The fourth-order valence-corrected chi connectivity index (χ4v) is 1.08. The number of benzene rings is 1. The third-order valence-corrected chi connectivity index (χ3v) is 1.77. The minimum atomic E-state index is 1.00. The molecule has 0 bridgehead atoms. The maximum atomic E-state index is 7.00. The molecule has 0 amide bonds. The lowest BCUT2D eigenvalue weighted by atomic mass is 10.2. The largest absolute Gasteiger partial charge is 0.400 e. The average molecular weight is 193 g/mol. The monoisotopic (exact) mass is 193 g/mol. The zero-order valence-electron chi connectivity index (χ0n) is 9.36. The molecule has 2 heteroatoms. The number of hydrogen-bond acceptors (Lipinski definition) is 2. The van der Waals surface area contributed by atoms with E-state index in [0.717, 1.165) is 7.11 Å². The maximum Gasteiger partial charge on any atom is 0.0361 e. The van der Waals surface area contributed by atoms with Crippen LogP contribution in [-0.2, 0) is 0 Å². The van der Waals surface area contributed by atoms with Crippen LogP contribution in [0.15, 0.2) is 30.3 Å². The predicted molar refractivity (Wildman–Crippen MR) is 63.6 cm³/mol. The van der Waals surface area contributed by atoms with E-state index in [1.807, 2.05) is 27.1 Å². The standard InChI is InChI=1S/C11H15N.CH4O/c1-4-5-10-6-8-11(9-7-10)12(2)3;1-2/h4-9H,1-3H3;2H,1H3/b5-4+;. The summed E-state index contributed by atoms with van der Waals surface area (Å²) in [5.41, 5.74) is 2.49. The number of aliphatic hydroxyl groups excluding tert-OH is 1. The van der Waals surface area contributed by atoms with Crippen LogP contribution in [0.2, 0.25) is 0 Å². The zero-order valence-corrected chi connectivity index (χ0v) is 9.36. The average Bonchev–Trinajstić information content (AvgIpc) is 2.22. The lowest BCUT2D eigenvalue weighted by molar-refractivity contribution is 0.399. The van der Waals surface area contributed by atoms with Crippen molar-refractivity contribution in [1.29, 1.82) is 0 Å². The van der Waals surface area contributed by atoms with Gasteiger partial charge in [0.2, 0.25) is 0 Å². The Morgan fingerprint density at radius 2 is 1.57 bits per heavy atom. The van der Waals surface area contributed by atoms with Gasteiger partial charge < -0.3 is 10.0 Å². The van der Waals surface area contributed by atoms with Gasteiger partial charge in [0, 0.05) is 26.9 Å². The Hall–Kier alpha value is -1.28. The van der Waals surface area contributed by atoms with Crippen LogP contribution in [0, 0.1) is 0 Å². The Morgan fingerprint density at radius 1 is 1.07 bits per heavy atom. The highest BCUT2D eigenvalue weighted by atomic mass is 16.2. The van der Waals surface area contributed by atoms with Crippen molar-refractivity contribution >= 4 is 11.8 Å². The van der Waals surface area contributed by atoms with Gasteiger partial charge >= 0.3 is 0 Å². The second-order valence-electron chi connectivity index (χ2n) is 2.99. The fraction of sp³-hybridized carbons (Fsp3) is 0.333. The Labute approximate surface area is 86.5 Å². The summed E-state index contributed by atoms with van der Waals surface area (Å²) in [4.78, 5) is 2.10. The van der Waals surface area contributed by atoms with Gasteiger partial charge in [-0.3, -0.25) is 0 Å². The molecule has 0 fully saturated rings. The number of aliphatic hydroxyl groups is 1. The molecular formula is C12H19NO. The summed E-state index contributed by atoms with van der Waals surface area (Å²) in [5.74, 6) is 0. The SMILES string of the molecule is C/C=C/c1ccc(N(C)C)cc1.CO. The molecule has 0 aliphatic rings. The molecule has 1 N–H and O–H groups in total. The first kappa shape index (κ1) is 12.7. The van der Waals surface area contributed by atoms with E-state index in [4.69, 9.17) is 5.11 Å². The van der Waals surface area contributed by atoms with Crippen molar-refractivity contribution in [2.45, 2.75) is 6.92 Å². The van der Waals surface area contributed by atoms with Crippen molar-refractivity contribution in [1.82, 2.24) is 0 Å². The van der Waals surface area contributed by atoms with Crippen LogP contribution < -0.4 is 4.90 Å². The van der Waals surface area contributed by atoms with Gasteiger partial charge in [0.25, 0.3) is 0 Å². The van der Waals surface area contributed by atoms with Crippen molar-refractivity contribution in [2.24, 2.45) is 0 Å². The first-order valence-electron chi connectivity index (χ1n) is 4.59. The number of nitrogens with zero attached hydrogens (tertiary/aromatic N) is 1. The minimum Gasteiger partial charge on any atom is -0.400 e. The van der Waals surface area contributed by atoms with Gasteiger partial charge in [-0.05, 0) is 24.6 Å². The second kappa shape index (κ2) is 7.15. The summed E-state index contributed by atoms with van der Waals surface area (Å²) in [5, 5.41) is 7.00. The summed E-state index contributed by atoms with van der Waals surface area (Å²) in [6.45, 7) is 2.03. The molecule has 1 rings (SSSR count). The van der Waals surface area contributed by atoms with Crippen LogP contribution >= 0.6 is 0 Å². The Bertz CT molecular complexity index is 262. The molecule has 0 spiro atoms. The van der Waals surface area contributed by atoms with E-state index in [0.29, 0.717) is 0 Å². The normalized spacial score (nSPS) is 9.50. The lowest BCUT2D eigenvalue weighted by Gasteiger charge is -2.11. The van der Waals surface area contributed by atoms with Crippen LogP contribution in [0.25, 0.3) is 6.08 Å². The Morgan fingerprint density at radius 3 is 1.93 bits per heavy atom. The number of allylic oxidation sites excluding steroid dienone is 1. The van der Waals surface area contributed by atoms with Gasteiger partial charge in [-0.1, -0.05) is 24.3 Å². The number of rotatable bonds is 2. The van der Waals surface area contributed by atoms with E-state index in [-0.39, 0.29) is 0 Å². The highest BCUT2D eigenvalue weighted by Gasteiger charge is 1.92. The third kappa shape index (κ3) is 4.10. The molecule has 0 heterocycles. The first-order valence-corrected chi connectivity index (χ1v) is 4.59. The van der Waals surface area contributed by atoms with Gasteiger partial charge in [0.05, 0.1) is 0 Å². The lowest BCUT2D eigenvalue weighted by Crippen LogP contribution is -2.07. The smallest absolute Gasteiger partial charge is 0.0361 e. The molecule has 0 radical (unpaired) electrons. The van der Waals surface area contributed by atoms with Crippen LogP contribution in [0.1, 0.15) is 12.5 Å². The van der Waals surface area contributed by atoms with E-state index in [1.165, 1.54) is 11.3 Å². The topological polar surface area (TPSA) is 23.5 Å². The van der Waals surface area contributed by atoms with E-state index >= 15 is 0 Å². The zero-order chi connectivity index (χ0) is 11.0. The number of hydrogen-bond donors (Lipinski definition) is 1. The highest BCUT2D eigenvalue weighted by molar-refractivity contribution is 5.55. The van der Waals surface area contributed by atoms with Crippen LogP contribution in [0.4, 0.5) is 5.69 Å². The molecule has 2 nitrogen and oxygen atoms in total. The molecule has 0 aliphatic heterocycles. The summed E-state index contributed by atoms with van der Waals surface area (Å²) in [6.07, 6.45) is 4.14.